The number of phenolic OH excluding ortho intramolecular Hbond substituents is 2. The van der Waals surface area contributed by atoms with Gasteiger partial charge in [0.2, 0.25) is 0 Å². The van der Waals surface area contributed by atoms with Gasteiger partial charge in [-0.25, -0.2) is 0 Å². The molecule has 0 radical (unpaired) electrons. The van der Waals surface area contributed by atoms with Gasteiger partial charge in [-0.1, -0.05) is 12.1 Å². The summed E-state index contributed by atoms with van der Waals surface area (Å²) in [6, 6.07) is 11.7. The second-order valence-corrected chi connectivity index (χ2v) is 6.31. The van der Waals surface area contributed by atoms with E-state index in [-0.39, 0.29) is 0 Å². The summed E-state index contributed by atoms with van der Waals surface area (Å²) in [7, 11) is 0. The van der Waals surface area contributed by atoms with E-state index in [0.29, 0.717) is 11.5 Å². The number of benzene rings is 2. The number of aryl methyl sites for hydroxylation is 2. The molecule has 2 aromatic rings. The molecule has 2 aromatic carbocycles. The molecule has 1 heterocycles. The van der Waals surface area contributed by atoms with Gasteiger partial charge in [0.25, 0.3) is 0 Å². The Bertz CT molecular complexity index is 640. The maximum atomic E-state index is 10.2. The van der Waals surface area contributed by atoms with Crippen molar-refractivity contribution in [2.45, 2.75) is 20.3 Å². The molecule has 1 saturated heterocycles. The molecule has 0 spiro atoms. The number of anilines is 2. The van der Waals surface area contributed by atoms with Gasteiger partial charge in [-0.3, -0.25) is 0 Å². The first-order chi connectivity index (χ1) is 11.0. The fraction of sp³-hybridized carbons (Fsp3) is 0.368. The van der Waals surface area contributed by atoms with Crippen LogP contribution in [0.5, 0.6) is 11.5 Å². The molecule has 0 unspecified atom stereocenters. The third-order valence-corrected chi connectivity index (χ3v) is 4.44. The average molecular weight is 312 g/mol. The lowest BCUT2D eigenvalue weighted by molar-refractivity contribution is 0.472. The van der Waals surface area contributed by atoms with Crippen molar-refractivity contribution in [3.8, 4) is 11.5 Å². The van der Waals surface area contributed by atoms with Crippen LogP contribution >= 0.6 is 0 Å². The molecule has 0 saturated carbocycles. The van der Waals surface area contributed by atoms with Crippen molar-refractivity contribution in [2.24, 2.45) is 0 Å². The predicted octanol–water partition coefficient (Wildman–Crippen LogP) is 3.43. The molecule has 1 aliphatic heterocycles. The zero-order valence-electron chi connectivity index (χ0n) is 13.8. The van der Waals surface area contributed by atoms with E-state index in [1.54, 1.807) is 0 Å². The Balaban J connectivity index is 1.76. The molecule has 122 valence electrons. The summed E-state index contributed by atoms with van der Waals surface area (Å²) < 4.78 is 0. The van der Waals surface area contributed by atoms with Crippen LogP contribution in [0.15, 0.2) is 36.4 Å². The Morgan fingerprint density at radius 3 is 1.52 bits per heavy atom. The Hall–Kier alpha value is -2.36. The van der Waals surface area contributed by atoms with Crippen LogP contribution in [0.1, 0.15) is 17.5 Å². The fourth-order valence-corrected chi connectivity index (χ4v) is 3.20. The van der Waals surface area contributed by atoms with Crippen LogP contribution in [0.2, 0.25) is 0 Å². The normalized spacial score (nSPS) is 15.6. The van der Waals surface area contributed by atoms with E-state index in [0.717, 1.165) is 55.1 Å². The molecule has 1 fully saturated rings. The van der Waals surface area contributed by atoms with Crippen molar-refractivity contribution < 1.29 is 10.2 Å². The molecule has 0 bridgehead atoms. The number of hydrogen-bond donors (Lipinski definition) is 2. The lowest BCUT2D eigenvalue weighted by Gasteiger charge is -2.26. The largest absolute Gasteiger partial charge is 0.506 e. The van der Waals surface area contributed by atoms with Crippen molar-refractivity contribution in [3.63, 3.8) is 0 Å². The lowest BCUT2D eigenvalue weighted by atomic mass is 10.2. The summed E-state index contributed by atoms with van der Waals surface area (Å²) >= 11 is 0. The predicted molar refractivity (Wildman–Crippen MR) is 94.7 cm³/mol. The molecule has 4 heteroatoms. The van der Waals surface area contributed by atoms with Crippen molar-refractivity contribution in [1.82, 2.24) is 0 Å². The van der Waals surface area contributed by atoms with Crippen LogP contribution in [0.25, 0.3) is 0 Å². The van der Waals surface area contributed by atoms with Crippen molar-refractivity contribution in [2.75, 3.05) is 36.0 Å². The van der Waals surface area contributed by atoms with Crippen molar-refractivity contribution in [1.29, 1.82) is 0 Å². The van der Waals surface area contributed by atoms with Gasteiger partial charge in [0, 0.05) is 26.2 Å². The van der Waals surface area contributed by atoms with Gasteiger partial charge >= 0.3 is 0 Å². The van der Waals surface area contributed by atoms with Crippen LogP contribution in [-0.2, 0) is 0 Å². The van der Waals surface area contributed by atoms with Gasteiger partial charge in [-0.2, -0.15) is 0 Å². The molecule has 1 aliphatic rings. The number of nitrogens with zero attached hydrogens (tertiary/aromatic N) is 2. The Kier molecular flexibility index (Phi) is 4.33. The molecule has 2 N–H and O–H groups in total. The summed E-state index contributed by atoms with van der Waals surface area (Å²) in [5.41, 5.74) is 3.91. The average Bonchev–Trinajstić information content (AvgIpc) is 2.73. The first kappa shape index (κ1) is 15.5. The zero-order chi connectivity index (χ0) is 16.4. The molecule has 3 rings (SSSR count). The highest BCUT2D eigenvalue weighted by Gasteiger charge is 2.19. The number of hydrogen-bond acceptors (Lipinski definition) is 4. The van der Waals surface area contributed by atoms with Crippen LogP contribution in [0.3, 0.4) is 0 Å². The molecule has 4 nitrogen and oxygen atoms in total. The third-order valence-electron chi connectivity index (χ3n) is 4.44. The molecular formula is C19H24N2O2. The van der Waals surface area contributed by atoms with E-state index in [2.05, 4.69) is 9.80 Å². The minimum atomic E-state index is 0.344. The number of rotatable bonds is 2. The van der Waals surface area contributed by atoms with E-state index in [1.165, 1.54) is 0 Å². The van der Waals surface area contributed by atoms with Crippen molar-refractivity contribution in [3.05, 3.63) is 47.5 Å². The highest BCUT2D eigenvalue weighted by atomic mass is 16.3. The molecule has 0 aromatic heterocycles. The Morgan fingerprint density at radius 2 is 1.13 bits per heavy atom. The highest BCUT2D eigenvalue weighted by Crippen LogP contribution is 2.32. The van der Waals surface area contributed by atoms with E-state index in [9.17, 15) is 10.2 Å². The maximum Gasteiger partial charge on any atom is 0.139 e. The van der Waals surface area contributed by atoms with Gasteiger partial charge in [0.1, 0.15) is 11.5 Å². The maximum absolute atomic E-state index is 10.2. The summed E-state index contributed by atoms with van der Waals surface area (Å²) in [5.74, 6) is 0.688. The fourth-order valence-electron chi connectivity index (χ4n) is 3.20. The first-order valence-corrected chi connectivity index (χ1v) is 8.14. The molecule has 23 heavy (non-hydrogen) atoms. The second-order valence-electron chi connectivity index (χ2n) is 6.31. The monoisotopic (exact) mass is 312 g/mol. The Morgan fingerprint density at radius 1 is 0.696 bits per heavy atom. The smallest absolute Gasteiger partial charge is 0.139 e. The summed E-state index contributed by atoms with van der Waals surface area (Å²) in [4.78, 5) is 4.44. The van der Waals surface area contributed by atoms with Gasteiger partial charge in [0.15, 0.2) is 0 Å². The summed E-state index contributed by atoms with van der Waals surface area (Å²) in [6.45, 7) is 7.41. The summed E-state index contributed by atoms with van der Waals surface area (Å²) in [6.07, 6.45) is 0.987. The SMILES string of the molecule is Cc1ccc(N2CCCN(c3ccc(C)cc3O)CC2)c(O)c1. The van der Waals surface area contributed by atoms with Crippen LogP contribution in [0, 0.1) is 13.8 Å². The molecule has 0 atom stereocenters. The van der Waals surface area contributed by atoms with E-state index in [4.69, 9.17) is 0 Å². The second kappa shape index (κ2) is 6.41. The van der Waals surface area contributed by atoms with Gasteiger partial charge in [0.05, 0.1) is 11.4 Å². The van der Waals surface area contributed by atoms with E-state index < -0.39 is 0 Å². The van der Waals surface area contributed by atoms with E-state index >= 15 is 0 Å². The molecule has 0 amide bonds. The number of phenols is 2. The first-order valence-electron chi connectivity index (χ1n) is 8.14. The quantitative estimate of drug-likeness (QED) is 0.892. The van der Waals surface area contributed by atoms with Crippen molar-refractivity contribution >= 4 is 11.4 Å². The lowest BCUT2D eigenvalue weighted by Crippen LogP contribution is -2.30. The molecular weight excluding hydrogens is 288 g/mol. The summed E-state index contributed by atoms with van der Waals surface area (Å²) in [5, 5.41) is 20.4. The number of aromatic hydroxyl groups is 2. The topological polar surface area (TPSA) is 46.9 Å². The standard InChI is InChI=1S/C19H24N2O2/c1-14-4-6-16(18(22)12-14)20-8-3-9-21(11-10-20)17-7-5-15(2)13-19(17)23/h4-7,12-13,22-23H,3,8-11H2,1-2H3. The van der Waals surface area contributed by atoms with Crippen LogP contribution in [0.4, 0.5) is 11.4 Å². The van der Waals surface area contributed by atoms with E-state index in [1.807, 2.05) is 50.2 Å². The van der Waals surface area contributed by atoms with Crippen LogP contribution in [-0.4, -0.2) is 36.4 Å². The van der Waals surface area contributed by atoms with Gasteiger partial charge in [-0.05, 0) is 55.7 Å². The molecule has 0 aliphatic carbocycles. The zero-order valence-corrected chi connectivity index (χ0v) is 13.8. The Labute approximate surface area is 137 Å². The van der Waals surface area contributed by atoms with Gasteiger partial charge in [-0.15, -0.1) is 0 Å². The van der Waals surface area contributed by atoms with Gasteiger partial charge < -0.3 is 20.0 Å². The third kappa shape index (κ3) is 3.36. The minimum absolute atomic E-state index is 0.344. The minimum Gasteiger partial charge on any atom is -0.506 e. The van der Waals surface area contributed by atoms with Crippen LogP contribution < -0.4 is 9.80 Å². The highest BCUT2D eigenvalue weighted by molar-refractivity contribution is 5.61.